The molecule has 3 N–H and O–H groups in total. The van der Waals surface area contributed by atoms with Gasteiger partial charge in [-0.2, -0.15) is 0 Å². The average Bonchev–Trinajstić information content (AvgIpc) is 2.38. The molecule has 2 rings (SSSR count). The Hall–Kier alpha value is -1.84. The molecule has 1 atom stereocenters. The maximum atomic E-state index is 13.6. The van der Waals surface area contributed by atoms with Crippen LogP contribution in [0.15, 0.2) is 30.4 Å². The van der Waals surface area contributed by atoms with Crippen LogP contribution in [0.5, 0.6) is 0 Å². The molecule has 1 aliphatic rings. The zero-order valence-corrected chi connectivity index (χ0v) is 10.2. The molecule has 0 heterocycles. The van der Waals surface area contributed by atoms with Crippen LogP contribution in [0.4, 0.5) is 10.1 Å². The van der Waals surface area contributed by atoms with Gasteiger partial charge >= 0.3 is 0 Å². The molecule has 0 aromatic heterocycles. The summed E-state index contributed by atoms with van der Waals surface area (Å²) in [6.45, 7) is 0.712. The van der Waals surface area contributed by atoms with Gasteiger partial charge in [0.1, 0.15) is 5.82 Å². The number of hydrogen-bond donors (Lipinski definition) is 2. The molecule has 4 heteroatoms. The molecule has 0 spiro atoms. The molecule has 0 saturated heterocycles. The number of carbonyl (C=O) groups is 1. The lowest BCUT2D eigenvalue weighted by molar-refractivity contribution is 0.100. The highest BCUT2D eigenvalue weighted by Crippen LogP contribution is 2.21. The molecule has 0 saturated carbocycles. The third-order valence-electron chi connectivity index (χ3n) is 3.21. The van der Waals surface area contributed by atoms with Gasteiger partial charge in [-0.3, -0.25) is 4.79 Å². The highest BCUT2D eigenvalue weighted by Gasteiger charge is 2.11. The Labute approximate surface area is 106 Å². The summed E-state index contributed by atoms with van der Waals surface area (Å²) in [6, 6.07) is 4.13. The van der Waals surface area contributed by atoms with E-state index in [1.165, 1.54) is 18.2 Å². The van der Waals surface area contributed by atoms with Crippen molar-refractivity contribution in [3.8, 4) is 0 Å². The lowest BCUT2D eigenvalue weighted by Crippen LogP contribution is -2.17. The van der Waals surface area contributed by atoms with Gasteiger partial charge in [-0.1, -0.05) is 12.2 Å². The predicted molar refractivity (Wildman–Crippen MR) is 69.9 cm³/mol. The van der Waals surface area contributed by atoms with Gasteiger partial charge in [-0.05, 0) is 43.4 Å². The second-order valence-electron chi connectivity index (χ2n) is 4.59. The Balaban J connectivity index is 2.01. The maximum Gasteiger partial charge on any atom is 0.248 e. The number of nitrogens with one attached hydrogen (secondary N) is 1. The fourth-order valence-electron chi connectivity index (χ4n) is 2.11. The number of hydrogen-bond acceptors (Lipinski definition) is 2. The highest BCUT2D eigenvalue weighted by atomic mass is 19.1. The summed E-state index contributed by atoms with van der Waals surface area (Å²) in [6.07, 6.45) is 7.54. The third kappa shape index (κ3) is 3.09. The Bertz CT molecular complexity index is 471. The number of anilines is 1. The molecular weight excluding hydrogens is 231 g/mol. The summed E-state index contributed by atoms with van der Waals surface area (Å²) in [4.78, 5) is 11.0. The van der Waals surface area contributed by atoms with E-state index in [4.69, 9.17) is 5.73 Å². The molecule has 1 aromatic carbocycles. The van der Waals surface area contributed by atoms with Crippen molar-refractivity contribution in [3.05, 3.63) is 41.7 Å². The first-order valence-electron chi connectivity index (χ1n) is 6.15. The summed E-state index contributed by atoms with van der Waals surface area (Å²) in [5.41, 5.74) is 5.84. The largest absolute Gasteiger partial charge is 0.382 e. The quantitative estimate of drug-likeness (QED) is 0.805. The lowest BCUT2D eigenvalue weighted by atomic mass is 9.94. The monoisotopic (exact) mass is 248 g/mol. The summed E-state index contributed by atoms with van der Waals surface area (Å²) in [5.74, 6) is -0.378. The summed E-state index contributed by atoms with van der Waals surface area (Å²) < 4.78 is 13.6. The van der Waals surface area contributed by atoms with Crippen LogP contribution in [-0.2, 0) is 0 Å². The van der Waals surface area contributed by atoms with Gasteiger partial charge in [-0.25, -0.2) is 4.39 Å². The van der Waals surface area contributed by atoms with E-state index < -0.39 is 5.91 Å². The molecule has 0 aliphatic heterocycles. The number of halogens is 1. The zero-order valence-electron chi connectivity index (χ0n) is 10.2. The first kappa shape index (κ1) is 12.6. The van der Waals surface area contributed by atoms with Gasteiger partial charge in [0.25, 0.3) is 0 Å². The van der Waals surface area contributed by atoms with Crippen LogP contribution in [0, 0.1) is 11.7 Å². The molecule has 0 fully saturated rings. The molecule has 0 bridgehead atoms. The Morgan fingerprint density at radius 2 is 2.28 bits per heavy atom. The molecule has 1 amide bonds. The van der Waals surface area contributed by atoms with Gasteiger partial charge in [0, 0.05) is 12.1 Å². The van der Waals surface area contributed by atoms with Crippen LogP contribution in [0.3, 0.4) is 0 Å². The predicted octanol–water partition coefficient (Wildman–Crippen LogP) is 2.69. The fraction of sp³-hybridized carbons (Fsp3) is 0.357. The SMILES string of the molecule is NC(=O)c1ccc(F)c(NCC2CC=CCC2)c1. The molecule has 1 aliphatic carbocycles. The van der Waals surface area contributed by atoms with Crippen molar-refractivity contribution in [2.45, 2.75) is 19.3 Å². The highest BCUT2D eigenvalue weighted by molar-refractivity contribution is 5.93. The minimum absolute atomic E-state index is 0.322. The summed E-state index contributed by atoms with van der Waals surface area (Å²) >= 11 is 0. The van der Waals surface area contributed by atoms with Gasteiger partial charge in [0.2, 0.25) is 5.91 Å². The average molecular weight is 248 g/mol. The van der Waals surface area contributed by atoms with Gasteiger partial charge in [-0.15, -0.1) is 0 Å². The van der Waals surface area contributed by atoms with Gasteiger partial charge in [0.05, 0.1) is 5.69 Å². The smallest absolute Gasteiger partial charge is 0.248 e. The van der Waals surface area contributed by atoms with Crippen LogP contribution in [0.25, 0.3) is 0 Å². The number of allylic oxidation sites excluding steroid dienone is 2. The first-order chi connectivity index (χ1) is 8.66. The van der Waals surface area contributed by atoms with Crippen LogP contribution < -0.4 is 11.1 Å². The maximum absolute atomic E-state index is 13.6. The van der Waals surface area contributed by atoms with Crippen LogP contribution in [-0.4, -0.2) is 12.5 Å². The first-order valence-corrected chi connectivity index (χ1v) is 6.15. The van der Waals surface area contributed by atoms with E-state index >= 15 is 0 Å². The molecule has 1 aromatic rings. The van der Waals surface area contributed by atoms with Crippen molar-refractivity contribution in [2.24, 2.45) is 11.7 Å². The zero-order chi connectivity index (χ0) is 13.0. The van der Waals surface area contributed by atoms with E-state index in [-0.39, 0.29) is 5.82 Å². The van der Waals surface area contributed by atoms with Crippen molar-refractivity contribution < 1.29 is 9.18 Å². The van der Waals surface area contributed by atoms with Crippen molar-refractivity contribution in [1.29, 1.82) is 0 Å². The van der Waals surface area contributed by atoms with Crippen LogP contribution >= 0.6 is 0 Å². The van der Waals surface area contributed by atoms with Gasteiger partial charge < -0.3 is 11.1 Å². The fourth-order valence-corrected chi connectivity index (χ4v) is 2.11. The van der Waals surface area contributed by atoms with E-state index in [1.54, 1.807) is 0 Å². The molecular formula is C14H17FN2O. The molecule has 0 radical (unpaired) electrons. The summed E-state index contributed by atoms with van der Waals surface area (Å²) in [5, 5.41) is 3.06. The van der Waals surface area contributed by atoms with E-state index in [9.17, 15) is 9.18 Å². The van der Waals surface area contributed by atoms with Crippen molar-refractivity contribution in [2.75, 3.05) is 11.9 Å². The van der Waals surface area contributed by atoms with E-state index in [0.717, 1.165) is 19.3 Å². The Kier molecular flexibility index (Phi) is 3.97. The number of nitrogens with two attached hydrogens (primary N) is 1. The Morgan fingerprint density at radius 1 is 1.44 bits per heavy atom. The van der Waals surface area contributed by atoms with Crippen LogP contribution in [0.2, 0.25) is 0 Å². The standard InChI is InChI=1S/C14H17FN2O/c15-12-7-6-11(14(16)18)8-13(12)17-9-10-4-2-1-3-5-10/h1-2,6-8,10,17H,3-5,9H2,(H2,16,18). The van der Waals surface area contributed by atoms with Crippen LogP contribution in [0.1, 0.15) is 29.6 Å². The van der Waals surface area contributed by atoms with Crippen molar-refractivity contribution in [1.82, 2.24) is 0 Å². The second kappa shape index (κ2) is 5.67. The van der Waals surface area contributed by atoms with Gasteiger partial charge in [0.15, 0.2) is 0 Å². The second-order valence-corrected chi connectivity index (χ2v) is 4.59. The number of rotatable bonds is 4. The molecule has 3 nitrogen and oxygen atoms in total. The number of carbonyl (C=O) groups excluding carboxylic acids is 1. The minimum Gasteiger partial charge on any atom is -0.382 e. The van der Waals surface area contributed by atoms with E-state index in [1.807, 2.05) is 0 Å². The van der Waals surface area contributed by atoms with E-state index in [2.05, 4.69) is 17.5 Å². The third-order valence-corrected chi connectivity index (χ3v) is 3.21. The minimum atomic E-state index is -0.543. The number of primary amides is 1. The molecule has 1 unspecified atom stereocenters. The normalized spacial score (nSPS) is 18.6. The van der Waals surface area contributed by atoms with Crippen molar-refractivity contribution in [3.63, 3.8) is 0 Å². The molecule has 96 valence electrons. The lowest BCUT2D eigenvalue weighted by Gasteiger charge is -2.19. The number of benzene rings is 1. The molecule has 18 heavy (non-hydrogen) atoms. The van der Waals surface area contributed by atoms with Crippen molar-refractivity contribution >= 4 is 11.6 Å². The van der Waals surface area contributed by atoms with E-state index in [0.29, 0.717) is 23.7 Å². The summed E-state index contributed by atoms with van der Waals surface area (Å²) in [7, 11) is 0. The Morgan fingerprint density at radius 3 is 2.94 bits per heavy atom. The topological polar surface area (TPSA) is 55.1 Å². The number of amides is 1.